The average molecular weight is 374 g/mol. The quantitative estimate of drug-likeness (QED) is 0.506. The molecule has 0 saturated carbocycles. The molecule has 1 heterocycles. The van der Waals surface area contributed by atoms with E-state index in [0.717, 1.165) is 0 Å². The number of esters is 1. The first-order valence-electron chi connectivity index (χ1n) is 7.64. The molecule has 0 fully saturated rings. The number of rotatable bonds is 7. The Morgan fingerprint density at radius 1 is 1.31 bits per heavy atom. The molecule has 3 amide bonds. The van der Waals surface area contributed by atoms with Crippen molar-refractivity contribution in [2.24, 2.45) is 0 Å². The minimum absolute atomic E-state index is 0.0650. The second-order valence-electron chi connectivity index (χ2n) is 4.97. The van der Waals surface area contributed by atoms with Gasteiger partial charge in [0.1, 0.15) is 0 Å². The number of urea groups is 1. The van der Waals surface area contributed by atoms with Gasteiger partial charge in [-0.05, 0) is 0 Å². The minimum atomic E-state index is -1.28. The highest BCUT2D eigenvalue weighted by molar-refractivity contribution is 7.13. The fraction of sp³-hybridized carbons (Fsp3) is 0.176. The lowest BCUT2D eigenvalue weighted by atomic mass is 10.1. The van der Waals surface area contributed by atoms with Crippen LogP contribution in [0.15, 0.2) is 48.4 Å². The summed E-state index contributed by atoms with van der Waals surface area (Å²) in [6.07, 6.45) is 0.376. The van der Waals surface area contributed by atoms with Crippen molar-refractivity contribution in [2.75, 3.05) is 18.9 Å². The van der Waals surface area contributed by atoms with Crippen molar-refractivity contribution in [3.63, 3.8) is 0 Å². The highest BCUT2D eigenvalue weighted by Gasteiger charge is 2.27. The van der Waals surface area contributed by atoms with Crippen molar-refractivity contribution in [3.05, 3.63) is 59.6 Å². The van der Waals surface area contributed by atoms with Crippen molar-refractivity contribution in [1.29, 1.82) is 0 Å². The highest BCUT2D eigenvalue weighted by atomic mass is 32.1. The van der Waals surface area contributed by atoms with Crippen molar-refractivity contribution in [3.8, 4) is 0 Å². The maximum absolute atomic E-state index is 12.4. The molecule has 3 N–H and O–H groups in total. The van der Waals surface area contributed by atoms with Crippen molar-refractivity contribution < 1.29 is 19.1 Å². The lowest BCUT2D eigenvalue weighted by Gasteiger charge is -2.16. The van der Waals surface area contributed by atoms with Gasteiger partial charge in [-0.15, -0.1) is 17.9 Å². The van der Waals surface area contributed by atoms with Gasteiger partial charge in [0, 0.05) is 24.5 Å². The molecular weight excluding hydrogens is 356 g/mol. The number of carbonyl (C=O) groups excluding carboxylic acids is 3. The lowest BCUT2D eigenvalue weighted by molar-refractivity contribution is -0.129. The largest absolute Gasteiger partial charge is 0.443 e. The zero-order valence-corrected chi connectivity index (χ0v) is 14.8. The van der Waals surface area contributed by atoms with Gasteiger partial charge < -0.3 is 15.4 Å². The van der Waals surface area contributed by atoms with Crippen molar-refractivity contribution >= 4 is 34.4 Å². The molecule has 0 bridgehead atoms. The minimum Gasteiger partial charge on any atom is -0.443 e. The van der Waals surface area contributed by atoms with Crippen molar-refractivity contribution in [2.45, 2.75) is 6.10 Å². The molecule has 1 unspecified atom stereocenters. The molecule has 1 aromatic carbocycles. The number of imide groups is 1. The molecular formula is C17H18N4O4S. The van der Waals surface area contributed by atoms with Gasteiger partial charge in [-0.25, -0.2) is 14.6 Å². The SMILES string of the molecule is C=CCNc1nc(C(=O)OC(C(=O)NC(=O)NC)c2ccccc2)cs1. The molecule has 1 atom stereocenters. The molecule has 8 nitrogen and oxygen atoms in total. The van der Waals surface area contributed by atoms with Gasteiger partial charge in [-0.3, -0.25) is 10.1 Å². The van der Waals surface area contributed by atoms with Gasteiger partial charge in [-0.2, -0.15) is 0 Å². The van der Waals surface area contributed by atoms with E-state index in [1.807, 2.05) is 0 Å². The van der Waals surface area contributed by atoms with Crippen LogP contribution in [0.5, 0.6) is 0 Å². The summed E-state index contributed by atoms with van der Waals surface area (Å²) in [5, 5.41) is 9.39. The summed E-state index contributed by atoms with van der Waals surface area (Å²) >= 11 is 1.23. The molecule has 26 heavy (non-hydrogen) atoms. The maximum Gasteiger partial charge on any atom is 0.359 e. The summed E-state index contributed by atoms with van der Waals surface area (Å²) in [4.78, 5) is 40.2. The fourth-order valence-corrected chi connectivity index (χ4v) is 2.61. The number of carbonyl (C=O) groups is 3. The summed E-state index contributed by atoms with van der Waals surface area (Å²) in [6, 6.07) is 7.71. The average Bonchev–Trinajstić information content (AvgIpc) is 3.13. The standard InChI is InChI=1S/C17H18N4O4S/c1-3-9-19-17-20-12(10-26-17)15(23)25-13(11-7-5-4-6-8-11)14(22)21-16(24)18-2/h3-8,10,13H,1,9H2,2H3,(H,19,20)(H2,18,21,22,24). The zero-order chi connectivity index (χ0) is 18.9. The van der Waals surface area contributed by atoms with Crippen LogP contribution in [-0.2, 0) is 9.53 Å². The summed E-state index contributed by atoms with van der Waals surface area (Å²) in [5.74, 6) is -1.53. The van der Waals surface area contributed by atoms with Crippen LogP contribution in [0.3, 0.4) is 0 Å². The molecule has 1 aromatic heterocycles. The van der Waals surface area contributed by atoms with E-state index in [4.69, 9.17) is 4.74 Å². The van der Waals surface area contributed by atoms with E-state index in [9.17, 15) is 14.4 Å². The van der Waals surface area contributed by atoms with Crippen LogP contribution in [0.1, 0.15) is 22.2 Å². The van der Waals surface area contributed by atoms with E-state index in [2.05, 4.69) is 27.5 Å². The number of hydrogen-bond donors (Lipinski definition) is 3. The van der Waals surface area contributed by atoms with Gasteiger partial charge in [0.15, 0.2) is 10.8 Å². The van der Waals surface area contributed by atoms with Crippen LogP contribution in [0.4, 0.5) is 9.93 Å². The second-order valence-corrected chi connectivity index (χ2v) is 5.83. The van der Waals surface area contributed by atoms with Crippen LogP contribution in [0.2, 0.25) is 0 Å². The predicted molar refractivity (Wildman–Crippen MR) is 98.0 cm³/mol. The molecule has 0 aliphatic rings. The van der Waals surface area contributed by atoms with Gasteiger partial charge in [0.2, 0.25) is 6.10 Å². The molecule has 0 aliphatic carbocycles. The number of hydrogen-bond acceptors (Lipinski definition) is 7. The Morgan fingerprint density at radius 2 is 2.04 bits per heavy atom. The predicted octanol–water partition coefficient (Wildman–Crippen LogP) is 2.09. The Bertz CT molecular complexity index is 791. The summed E-state index contributed by atoms with van der Waals surface area (Å²) in [6.45, 7) is 4.09. The van der Waals surface area contributed by atoms with E-state index in [1.165, 1.54) is 23.8 Å². The number of nitrogens with zero attached hydrogens (tertiary/aromatic N) is 1. The summed E-state index contributed by atoms with van der Waals surface area (Å²) < 4.78 is 5.31. The first-order valence-corrected chi connectivity index (χ1v) is 8.52. The topological polar surface area (TPSA) is 109 Å². The maximum atomic E-state index is 12.4. The zero-order valence-electron chi connectivity index (χ0n) is 14.0. The normalized spacial score (nSPS) is 11.1. The summed E-state index contributed by atoms with van der Waals surface area (Å²) in [5.41, 5.74) is 0.498. The molecule has 0 aliphatic heterocycles. The number of anilines is 1. The Hall–Kier alpha value is -3.20. The third-order valence-electron chi connectivity index (χ3n) is 3.14. The molecule has 0 spiro atoms. The molecule has 2 rings (SSSR count). The van der Waals surface area contributed by atoms with Gasteiger partial charge in [0.05, 0.1) is 0 Å². The number of benzene rings is 1. The van der Waals surface area contributed by atoms with Crippen LogP contribution in [0.25, 0.3) is 0 Å². The number of nitrogens with one attached hydrogen (secondary N) is 3. The molecule has 2 aromatic rings. The van der Waals surface area contributed by atoms with Crippen LogP contribution in [0, 0.1) is 0 Å². The van der Waals surface area contributed by atoms with E-state index >= 15 is 0 Å². The third kappa shape index (κ3) is 5.15. The van der Waals surface area contributed by atoms with Gasteiger partial charge in [-0.1, -0.05) is 36.4 Å². The van der Waals surface area contributed by atoms with Crippen molar-refractivity contribution in [1.82, 2.24) is 15.6 Å². The number of aromatic nitrogens is 1. The van der Waals surface area contributed by atoms with Crippen LogP contribution in [-0.4, -0.2) is 36.5 Å². The first-order chi connectivity index (χ1) is 12.5. The summed E-state index contributed by atoms with van der Waals surface area (Å²) in [7, 11) is 1.37. The van der Waals surface area contributed by atoms with E-state index in [-0.39, 0.29) is 5.69 Å². The van der Waals surface area contributed by atoms with E-state index in [1.54, 1.807) is 36.4 Å². The monoisotopic (exact) mass is 374 g/mol. The van der Waals surface area contributed by atoms with E-state index < -0.39 is 24.0 Å². The number of amides is 3. The smallest absolute Gasteiger partial charge is 0.359 e. The molecule has 0 saturated heterocycles. The number of ether oxygens (including phenoxy) is 1. The molecule has 136 valence electrons. The van der Waals surface area contributed by atoms with E-state index in [0.29, 0.717) is 17.2 Å². The van der Waals surface area contributed by atoms with Crippen LogP contribution < -0.4 is 16.0 Å². The first kappa shape index (κ1) is 19.1. The lowest BCUT2D eigenvalue weighted by Crippen LogP contribution is -2.41. The third-order valence-corrected chi connectivity index (χ3v) is 3.94. The second kappa shape index (κ2) is 9.33. The highest BCUT2D eigenvalue weighted by Crippen LogP contribution is 2.22. The van der Waals surface area contributed by atoms with Gasteiger partial charge >= 0.3 is 12.0 Å². The fourth-order valence-electron chi connectivity index (χ4n) is 1.92. The molecule has 9 heteroatoms. The van der Waals surface area contributed by atoms with Crippen LogP contribution >= 0.6 is 11.3 Å². The molecule has 0 radical (unpaired) electrons. The Morgan fingerprint density at radius 3 is 2.69 bits per heavy atom. The number of thiazole rings is 1. The van der Waals surface area contributed by atoms with Gasteiger partial charge in [0.25, 0.3) is 5.91 Å². The Balaban J connectivity index is 2.16. The Kier molecular flexibility index (Phi) is 6.86. The Labute approximate surface area is 154 Å².